The highest BCUT2D eigenvalue weighted by molar-refractivity contribution is 6.04. The van der Waals surface area contributed by atoms with Crippen molar-refractivity contribution in [2.45, 2.75) is 20.3 Å². The van der Waals surface area contributed by atoms with Crippen molar-refractivity contribution < 1.29 is 4.79 Å². The summed E-state index contributed by atoms with van der Waals surface area (Å²) in [5.74, 6) is 0.857. The second kappa shape index (κ2) is 7.71. The van der Waals surface area contributed by atoms with Gasteiger partial charge in [0.05, 0.1) is 11.3 Å². The number of aromatic nitrogens is 2. The molecular weight excluding hydrogens is 310 g/mol. The van der Waals surface area contributed by atoms with E-state index in [4.69, 9.17) is 0 Å². The van der Waals surface area contributed by atoms with E-state index in [1.165, 1.54) is 0 Å². The number of benzene rings is 2. The van der Waals surface area contributed by atoms with Crippen LogP contribution in [0.1, 0.15) is 29.9 Å². The molecule has 1 heterocycles. The van der Waals surface area contributed by atoms with E-state index in [-0.39, 0.29) is 5.91 Å². The van der Waals surface area contributed by atoms with Crippen molar-refractivity contribution in [3.05, 3.63) is 78.1 Å². The van der Waals surface area contributed by atoms with Gasteiger partial charge in [-0.3, -0.25) is 4.79 Å². The van der Waals surface area contributed by atoms with E-state index in [1.54, 1.807) is 6.20 Å². The smallest absolute Gasteiger partial charge is 0.259 e. The van der Waals surface area contributed by atoms with Crippen LogP contribution in [0.5, 0.6) is 0 Å². The molecular formula is C21H21N3O. The molecule has 4 nitrogen and oxygen atoms in total. The van der Waals surface area contributed by atoms with Crippen LogP contribution in [-0.2, 0) is 6.42 Å². The number of nitrogens with zero attached hydrogens (tertiary/aromatic N) is 2. The molecule has 126 valence electrons. The van der Waals surface area contributed by atoms with Crippen LogP contribution < -0.4 is 5.32 Å². The Hall–Kier alpha value is -3.01. The van der Waals surface area contributed by atoms with Gasteiger partial charge in [0.2, 0.25) is 0 Å². The zero-order valence-electron chi connectivity index (χ0n) is 14.4. The lowest BCUT2D eigenvalue weighted by Gasteiger charge is -2.12. The Morgan fingerprint density at radius 1 is 1.00 bits per heavy atom. The van der Waals surface area contributed by atoms with Crippen LogP contribution in [-0.4, -0.2) is 15.9 Å². The van der Waals surface area contributed by atoms with Crippen molar-refractivity contribution in [1.29, 1.82) is 0 Å². The third-order valence-electron chi connectivity index (χ3n) is 3.78. The Bertz CT molecular complexity index is 846. The molecule has 0 radical (unpaired) electrons. The van der Waals surface area contributed by atoms with Crippen molar-refractivity contribution >= 4 is 11.6 Å². The van der Waals surface area contributed by atoms with Gasteiger partial charge in [0, 0.05) is 17.4 Å². The molecule has 0 bridgehead atoms. The molecule has 4 heteroatoms. The molecule has 0 atom stereocenters. The number of para-hydroxylation sites is 1. The number of amides is 1. The van der Waals surface area contributed by atoms with Crippen LogP contribution in [0.25, 0.3) is 11.4 Å². The molecule has 0 saturated heterocycles. The predicted molar refractivity (Wildman–Crippen MR) is 100 cm³/mol. The SMILES string of the molecule is CC(C)Cc1nc(-c2ccccc2)ncc1C(=O)Nc1ccccc1. The first-order valence-corrected chi connectivity index (χ1v) is 8.41. The molecule has 1 amide bonds. The Kier molecular flexibility index (Phi) is 5.19. The maximum atomic E-state index is 12.7. The molecule has 25 heavy (non-hydrogen) atoms. The van der Waals surface area contributed by atoms with Crippen molar-refractivity contribution in [2.24, 2.45) is 5.92 Å². The molecule has 2 aromatic carbocycles. The maximum absolute atomic E-state index is 12.7. The van der Waals surface area contributed by atoms with Gasteiger partial charge in [-0.25, -0.2) is 9.97 Å². The number of rotatable bonds is 5. The highest BCUT2D eigenvalue weighted by Crippen LogP contribution is 2.19. The van der Waals surface area contributed by atoms with Gasteiger partial charge in [0.25, 0.3) is 5.91 Å². The van der Waals surface area contributed by atoms with Gasteiger partial charge < -0.3 is 5.32 Å². The van der Waals surface area contributed by atoms with Crippen LogP contribution >= 0.6 is 0 Å². The van der Waals surface area contributed by atoms with Crippen molar-refractivity contribution in [3.63, 3.8) is 0 Å². The Labute approximate surface area is 148 Å². The molecule has 3 aromatic rings. The molecule has 0 spiro atoms. The minimum Gasteiger partial charge on any atom is -0.322 e. The molecule has 3 rings (SSSR count). The van der Waals surface area contributed by atoms with E-state index < -0.39 is 0 Å². The van der Waals surface area contributed by atoms with Crippen molar-refractivity contribution in [3.8, 4) is 11.4 Å². The lowest BCUT2D eigenvalue weighted by atomic mass is 10.0. The fourth-order valence-corrected chi connectivity index (χ4v) is 2.60. The van der Waals surface area contributed by atoms with Crippen LogP contribution in [0.4, 0.5) is 5.69 Å². The van der Waals surface area contributed by atoms with Crippen LogP contribution in [0.2, 0.25) is 0 Å². The molecule has 1 aromatic heterocycles. The summed E-state index contributed by atoms with van der Waals surface area (Å²) in [4.78, 5) is 21.8. The second-order valence-corrected chi connectivity index (χ2v) is 6.34. The summed E-state index contributed by atoms with van der Waals surface area (Å²) < 4.78 is 0. The first kappa shape index (κ1) is 16.8. The monoisotopic (exact) mass is 331 g/mol. The van der Waals surface area contributed by atoms with E-state index in [2.05, 4.69) is 29.1 Å². The summed E-state index contributed by atoms with van der Waals surface area (Å²) in [6.07, 6.45) is 2.35. The highest BCUT2D eigenvalue weighted by Gasteiger charge is 2.16. The van der Waals surface area contributed by atoms with Gasteiger partial charge in [0.15, 0.2) is 5.82 Å². The number of anilines is 1. The zero-order chi connectivity index (χ0) is 17.6. The number of hydrogen-bond donors (Lipinski definition) is 1. The van der Waals surface area contributed by atoms with Crippen molar-refractivity contribution in [1.82, 2.24) is 9.97 Å². The Balaban J connectivity index is 1.93. The molecule has 0 saturated carbocycles. The van der Waals surface area contributed by atoms with Gasteiger partial charge in [-0.05, 0) is 24.5 Å². The minimum absolute atomic E-state index is 0.179. The molecule has 1 N–H and O–H groups in total. The topological polar surface area (TPSA) is 54.9 Å². The second-order valence-electron chi connectivity index (χ2n) is 6.34. The van der Waals surface area contributed by atoms with Crippen LogP contribution in [0.15, 0.2) is 66.9 Å². The summed E-state index contributed by atoms with van der Waals surface area (Å²) >= 11 is 0. The van der Waals surface area contributed by atoms with E-state index in [1.807, 2.05) is 60.7 Å². The molecule has 0 unspecified atom stereocenters. The first-order valence-electron chi connectivity index (χ1n) is 8.41. The Morgan fingerprint density at radius 3 is 2.28 bits per heavy atom. The zero-order valence-corrected chi connectivity index (χ0v) is 14.4. The van der Waals surface area contributed by atoms with E-state index >= 15 is 0 Å². The summed E-state index contributed by atoms with van der Waals surface area (Å²) in [5.41, 5.74) is 3.01. The van der Waals surface area contributed by atoms with Gasteiger partial charge in [-0.1, -0.05) is 62.4 Å². The third-order valence-corrected chi connectivity index (χ3v) is 3.78. The van der Waals surface area contributed by atoms with Gasteiger partial charge in [-0.15, -0.1) is 0 Å². The normalized spacial score (nSPS) is 10.7. The third kappa shape index (κ3) is 4.29. The maximum Gasteiger partial charge on any atom is 0.259 e. The Morgan fingerprint density at radius 2 is 1.64 bits per heavy atom. The lowest BCUT2D eigenvalue weighted by molar-refractivity contribution is 0.102. The highest BCUT2D eigenvalue weighted by atomic mass is 16.1. The quantitative estimate of drug-likeness (QED) is 0.743. The lowest BCUT2D eigenvalue weighted by Crippen LogP contribution is -2.17. The fourth-order valence-electron chi connectivity index (χ4n) is 2.60. The van der Waals surface area contributed by atoms with Crippen LogP contribution in [0.3, 0.4) is 0 Å². The van der Waals surface area contributed by atoms with Gasteiger partial charge in [-0.2, -0.15) is 0 Å². The van der Waals surface area contributed by atoms with E-state index in [0.29, 0.717) is 17.3 Å². The molecule has 0 aliphatic heterocycles. The first-order chi connectivity index (χ1) is 12.1. The molecule has 0 aliphatic carbocycles. The van der Waals surface area contributed by atoms with E-state index in [0.717, 1.165) is 23.4 Å². The standard InChI is InChI=1S/C21H21N3O/c1-15(2)13-19-18(21(25)23-17-11-7-4-8-12-17)14-22-20(24-19)16-9-5-3-6-10-16/h3-12,14-15H,13H2,1-2H3,(H,23,25). The number of nitrogens with one attached hydrogen (secondary N) is 1. The van der Waals surface area contributed by atoms with Crippen molar-refractivity contribution in [2.75, 3.05) is 5.32 Å². The molecule has 0 fully saturated rings. The largest absolute Gasteiger partial charge is 0.322 e. The van der Waals surface area contributed by atoms with Crippen LogP contribution in [0, 0.1) is 5.92 Å². The average molecular weight is 331 g/mol. The number of carbonyl (C=O) groups is 1. The summed E-state index contributed by atoms with van der Waals surface area (Å²) in [5, 5.41) is 2.91. The van der Waals surface area contributed by atoms with E-state index in [9.17, 15) is 4.79 Å². The molecule has 0 aliphatic rings. The fraction of sp³-hybridized carbons (Fsp3) is 0.190. The van der Waals surface area contributed by atoms with Gasteiger partial charge >= 0.3 is 0 Å². The minimum atomic E-state index is -0.179. The number of hydrogen-bond acceptors (Lipinski definition) is 3. The summed E-state index contributed by atoms with van der Waals surface area (Å²) in [6, 6.07) is 19.2. The summed E-state index contributed by atoms with van der Waals surface area (Å²) in [6.45, 7) is 4.23. The predicted octanol–water partition coefficient (Wildman–Crippen LogP) is 4.59. The summed E-state index contributed by atoms with van der Waals surface area (Å²) in [7, 11) is 0. The van der Waals surface area contributed by atoms with Gasteiger partial charge in [0.1, 0.15) is 0 Å². The average Bonchev–Trinajstić information content (AvgIpc) is 2.62. The number of carbonyl (C=O) groups excluding carboxylic acids is 1.